The zero-order valence-corrected chi connectivity index (χ0v) is 22.6. The lowest BCUT2D eigenvalue weighted by molar-refractivity contribution is -0.189. The Hall–Kier alpha value is -5.03. The van der Waals surface area contributed by atoms with E-state index in [-0.39, 0.29) is 28.8 Å². The third-order valence-corrected chi connectivity index (χ3v) is 5.90. The van der Waals surface area contributed by atoms with Crippen molar-refractivity contribution in [2.24, 2.45) is 0 Å². The maximum Gasteiger partial charge on any atom is 0.432 e. The summed E-state index contributed by atoms with van der Waals surface area (Å²) in [4.78, 5) is 0. The van der Waals surface area contributed by atoms with E-state index in [1.165, 1.54) is 24.3 Å². The normalized spacial score (nSPS) is 10.9. The maximum atomic E-state index is 14.6. The lowest BCUT2D eigenvalue weighted by Gasteiger charge is -2.19. The highest BCUT2D eigenvalue weighted by Crippen LogP contribution is 2.36. The van der Waals surface area contributed by atoms with Gasteiger partial charge in [-0.05, 0) is 48.9 Å². The van der Waals surface area contributed by atoms with E-state index >= 15 is 0 Å². The number of alkyl halides is 2. The van der Waals surface area contributed by atoms with Crippen LogP contribution in [0, 0.1) is 64.4 Å². The summed E-state index contributed by atoms with van der Waals surface area (Å²) in [5, 5.41) is 0. The molecule has 11 heteroatoms. The van der Waals surface area contributed by atoms with Gasteiger partial charge in [0.1, 0.15) is 40.3 Å². The van der Waals surface area contributed by atoms with Crippen molar-refractivity contribution < 1.29 is 49.0 Å². The zero-order valence-electron chi connectivity index (χ0n) is 22.6. The van der Waals surface area contributed by atoms with Crippen LogP contribution in [0.4, 0.5) is 39.5 Å². The van der Waals surface area contributed by atoms with Gasteiger partial charge in [-0.2, -0.15) is 8.78 Å². The summed E-state index contributed by atoms with van der Waals surface area (Å²) in [5.41, 5.74) is -2.37. The molecular formula is C33H19F9O2. The van der Waals surface area contributed by atoms with Crippen molar-refractivity contribution in [2.75, 3.05) is 6.61 Å². The Labute approximate surface area is 246 Å². The topological polar surface area (TPSA) is 18.5 Å². The zero-order chi connectivity index (χ0) is 32.0. The van der Waals surface area contributed by atoms with Gasteiger partial charge in [-0.25, -0.2) is 30.7 Å². The standard InChI is InChI=1S/C33H19F9O2/c1-2-3-12-43-23-11-10-22(26(35)16-23)8-5-19-4-7-21(25(34)13-19)9-6-20-14-27(36)31(28(37)15-20)33(41,42)44-24-17-29(38)32(40)30(39)18-24/h4,7,10-11,13-18H,2-3,12H2,1H3. The highest BCUT2D eigenvalue weighted by molar-refractivity contribution is 5.50. The highest BCUT2D eigenvalue weighted by Gasteiger charge is 2.41. The quantitative estimate of drug-likeness (QED) is 0.0893. The van der Waals surface area contributed by atoms with Gasteiger partial charge in [0.05, 0.1) is 17.7 Å². The van der Waals surface area contributed by atoms with Crippen LogP contribution >= 0.6 is 0 Å². The maximum absolute atomic E-state index is 14.6. The predicted octanol–water partition coefficient (Wildman–Crippen LogP) is 8.77. The molecule has 0 saturated heterocycles. The Morgan fingerprint density at radius 2 is 1.11 bits per heavy atom. The van der Waals surface area contributed by atoms with Gasteiger partial charge in [0.2, 0.25) is 0 Å². The Morgan fingerprint density at radius 1 is 0.591 bits per heavy atom. The smallest absolute Gasteiger partial charge is 0.432 e. The van der Waals surface area contributed by atoms with E-state index in [4.69, 9.17) is 4.74 Å². The second-order valence-corrected chi connectivity index (χ2v) is 9.17. The van der Waals surface area contributed by atoms with E-state index in [9.17, 15) is 39.5 Å². The van der Waals surface area contributed by atoms with Gasteiger partial charge in [0.15, 0.2) is 17.5 Å². The SMILES string of the molecule is CCCCOc1ccc(C#Cc2ccc(C#Cc3cc(F)c(C(F)(F)Oc4cc(F)c(F)c(F)c4)c(F)c3)c(F)c2)c(F)c1. The van der Waals surface area contributed by atoms with E-state index in [2.05, 4.69) is 28.4 Å². The number of hydrogen-bond acceptors (Lipinski definition) is 2. The molecule has 0 spiro atoms. The van der Waals surface area contributed by atoms with E-state index in [0.717, 1.165) is 18.9 Å². The van der Waals surface area contributed by atoms with Crippen molar-refractivity contribution in [1.82, 2.24) is 0 Å². The van der Waals surface area contributed by atoms with Crippen molar-refractivity contribution in [3.05, 3.63) is 129 Å². The fourth-order valence-corrected chi connectivity index (χ4v) is 3.71. The van der Waals surface area contributed by atoms with Crippen LogP contribution < -0.4 is 9.47 Å². The van der Waals surface area contributed by atoms with E-state index in [1.54, 1.807) is 6.07 Å². The second-order valence-electron chi connectivity index (χ2n) is 9.17. The molecule has 0 saturated carbocycles. The molecule has 0 aliphatic carbocycles. The Morgan fingerprint density at radius 3 is 1.68 bits per heavy atom. The average molecular weight is 618 g/mol. The first-order valence-corrected chi connectivity index (χ1v) is 12.8. The largest absolute Gasteiger partial charge is 0.493 e. The second kappa shape index (κ2) is 13.5. The first kappa shape index (κ1) is 31.9. The monoisotopic (exact) mass is 618 g/mol. The van der Waals surface area contributed by atoms with E-state index < -0.39 is 63.7 Å². The number of ether oxygens (including phenoxy) is 2. The molecule has 4 aromatic carbocycles. The molecule has 0 aliphatic rings. The number of unbranched alkanes of at least 4 members (excludes halogenated alkanes) is 1. The molecule has 0 unspecified atom stereocenters. The lowest BCUT2D eigenvalue weighted by Crippen LogP contribution is -2.25. The number of rotatable bonds is 7. The molecule has 2 nitrogen and oxygen atoms in total. The summed E-state index contributed by atoms with van der Waals surface area (Å²) in [6.07, 6.45) is -3.03. The van der Waals surface area contributed by atoms with Crippen molar-refractivity contribution in [3.63, 3.8) is 0 Å². The predicted molar refractivity (Wildman–Crippen MR) is 142 cm³/mol. The summed E-state index contributed by atoms with van der Waals surface area (Å²) in [6.45, 7) is 2.44. The van der Waals surface area contributed by atoms with Gasteiger partial charge >= 0.3 is 6.11 Å². The molecule has 4 aromatic rings. The molecule has 0 amide bonds. The van der Waals surface area contributed by atoms with Crippen molar-refractivity contribution in [3.8, 4) is 35.2 Å². The minimum absolute atomic E-state index is 0.0533. The molecule has 0 radical (unpaired) electrons. The van der Waals surface area contributed by atoms with Gasteiger partial charge < -0.3 is 9.47 Å². The highest BCUT2D eigenvalue weighted by atomic mass is 19.3. The molecule has 0 bridgehead atoms. The van der Waals surface area contributed by atoms with E-state index in [1.807, 2.05) is 6.92 Å². The third kappa shape index (κ3) is 7.67. The minimum atomic E-state index is -4.77. The summed E-state index contributed by atoms with van der Waals surface area (Å²) >= 11 is 0. The van der Waals surface area contributed by atoms with E-state index in [0.29, 0.717) is 24.5 Å². The van der Waals surface area contributed by atoms with Crippen LogP contribution in [0.25, 0.3) is 0 Å². The Balaban J connectivity index is 1.50. The van der Waals surface area contributed by atoms with Crippen molar-refractivity contribution >= 4 is 0 Å². The molecule has 0 aromatic heterocycles. The summed E-state index contributed by atoms with van der Waals surface area (Å²) < 4.78 is 136. The van der Waals surface area contributed by atoms with Gasteiger partial charge in [-0.15, -0.1) is 0 Å². The molecule has 44 heavy (non-hydrogen) atoms. The Bertz CT molecular complexity index is 1780. The van der Waals surface area contributed by atoms with Gasteiger partial charge in [-0.3, -0.25) is 0 Å². The molecular weight excluding hydrogens is 599 g/mol. The molecule has 0 fully saturated rings. The summed E-state index contributed by atoms with van der Waals surface area (Å²) in [6, 6.07) is 8.74. The van der Waals surface area contributed by atoms with Crippen LogP contribution in [-0.4, -0.2) is 6.61 Å². The van der Waals surface area contributed by atoms with Crippen molar-refractivity contribution in [1.29, 1.82) is 0 Å². The Kier molecular flexibility index (Phi) is 9.80. The molecule has 4 rings (SSSR count). The van der Waals surface area contributed by atoms with Crippen LogP contribution in [0.3, 0.4) is 0 Å². The van der Waals surface area contributed by atoms with Crippen LogP contribution in [0.2, 0.25) is 0 Å². The molecule has 0 N–H and O–H groups in total. The number of hydrogen-bond donors (Lipinski definition) is 0. The van der Waals surface area contributed by atoms with Gasteiger partial charge in [-0.1, -0.05) is 37.0 Å². The number of halogens is 9. The lowest BCUT2D eigenvalue weighted by atomic mass is 10.1. The van der Waals surface area contributed by atoms with Crippen LogP contribution in [0.5, 0.6) is 11.5 Å². The molecule has 0 aliphatic heterocycles. The fraction of sp³-hybridized carbons (Fsp3) is 0.152. The summed E-state index contributed by atoms with van der Waals surface area (Å²) in [5.74, 6) is -1.94. The van der Waals surface area contributed by atoms with Crippen LogP contribution in [0.15, 0.2) is 60.7 Å². The first-order chi connectivity index (χ1) is 20.9. The van der Waals surface area contributed by atoms with Crippen molar-refractivity contribution in [2.45, 2.75) is 25.9 Å². The van der Waals surface area contributed by atoms with Crippen LogP contribution in [-0.2, 0) is 6.11 Å². The third-order valence-electron chi connectivity index (χ3n) is 5.90. The molecule has 0 atom stereocenters. The minimum Gasteiger partial charge on any atom is -0.493 e. The van der Waals surface area contributed by atoms with Gasteiger partial charge in [0.25, 0.3) is 0 Å². The number of benzene rings is 4. The molecule has 0 heterocycles. The van der Waals surface area contributed by atoms with Crippen LogP contribution in [0.1, 0.15) is 47.6 Å². The molecule has 226 valence electrons. The summed E-state index contributed by atoms with van der Waals surface area (Å²) in [7, 11) is 0. The average Bonchev–Trinajstić information content (AvgIpc) is 2.94. The first-order valence-electron chi connectivity index (χ1n) is 12.8. The fourth-order valence-electron chi connectivity index (χ4n) is 3.71. The van der Waals surface area contributed by atoms with Gasteiger partial charge in [0, 0.05) is 29.3 Å².